The van der Waals surface area contributed by atoms with Crippen LogP contribution in [-0.4, -0.2) is 24.4 Å². The zero-order valence-corrected chi connectivity index (χ0v) is 12.8. The maximum Gasteiger partial charge on any atom is 0.223 e. The summed E-state index contributed by atoms with van der Waals surface area (Å²) in [6, 6.07) is 4.09. The summed E-state index contributed by atoms with van der Waals surface area (Å²) in [6.07, 6.45) is 8.71. The van der Waals surface area contributed by atoms with E-state index in [1.165, 1.54) is 19.3 Å². The summed E-state index contributed by atoms with van der Waals surface area (Å²) in [4.78, 5) is 23.8. The third-order valence-electron chi connectivity index (χ3n) is 4.66. The van der Waals surface area contributed by atoms with Crippen molar-refractivity contribution < 1.29 is 14.0 Å². The predicted molar refractivity (Wildman–Crippen MR) is 82.2 cm³/mol. The molecule has 2 unspecified atom stereocenters. The molecule has 1 aromatic heterocycles. The quantitative estimate of drug-likeness (QED) is 0.847. The molecule has 1 aromatic rings. The molecule has 0 aliphatic heterocycles. The number of hydrogen-bond acceptors (Lipinski definition) is 3. The third kappa shape index (κ3) is 3.90. The Kier molecular flexibility index (Phi) is 4.80. The average Bonchev–Trinajstić information content (AvgIpc) is 3.14. The highest BCUT2D eigenvalue weighted by atomic mass is 16.3. The van der Waals surface area contributed by atoms with Gasteiger partial charge in [-0.1, -0.05) is 19.3 Å². The lowest BCUT2D eigenvalue weighted by atomic mass is 9.95. The van der Waals surface area contributed by atoms with Crippen molar-refractivity contribution in [2.75, 3.05) is 6.54 Å². The molecule has 0 radical (unpaired) electrons. The summed E-state index contributed by atoms with van der Waals surface area (Å²) in [7, 11) is 0. The van der Waals surface area contributed by atoms with Gasteiger partial charge >= 0.3 is 0 Å². The number of amides is 2. The molecule has 0 spiro atoms. The van der Waals surface area contributed by atoms with Crippen LogP contribution in [0.1, 0.15) is 56.6 Å². The van der Waals surface area contributed by atoms with Gasteiger partial charge in [0.15, 0.2) is 0 Å². The zero-order chi connectivity index (χ0) is 15.4. The van der Waals surface area contributed by atoms with E-state index in [9.17, 15) is 9.59 Å². The van der Waals surface area contributed by atoms with Crippen molar-refractivity contribution in [3.05, 3.63) is 24.2 Å². The van der Waals surface area contributed by atoms with Crippen LogP contribution >= 0.6 is 0 Å². The first-order chi connectivity index (χ1) is 10.7. The zero-order valence-electron chi connectivity index (χ0n) is 12.8. The second-order valence-electron chi connectivity index (χ2n) is 6.41. The van der Waals surface area contributed by atoms with Crippen LogP contribution < -0.4 is 10.6 Å². The summed E-state index contributed by atoms with van der Waals surface area (Å²) >= 11 is 0. The van der Waals surface area contributed by atoms with Crippen molar-refractivity contribution in [3.8, 4) is 0 Å². The second-order valence-corrected chi connectivity index (χ2v) is 6.41. The van der Waals surface area contributed by atoms with Crippen LogP contribution in [0.3, 0.4) is 0 Å². The topological polar surface area (TPSA) is 71.3 Å². The minimum Gasteiger partial charge on any atom is -0.469 e. The predicted octanol–water partition coefficient (Wildman–Crippen LogP) is 2.34. The van der Waals surface area contributed by atoms with Crippen molar-refractivity contribution in [2.45, 2.75) is 56.9 Å². The van der Waals surface area contributed by atoms with E-state index in [-0.39, 0.29) is 23.7 Å². The minimum absolute atomic E-state index is 0.00700. The van der Waals surface area contributed by atoms with Crippen LogP contribution in [0.4, 0.5) is 0 Å². The van der Waals surface area contributed by atoms with E-state index in [0.29, 0.717) is 19.0 Å². The van der Waals surface area contributed by atoms with Gasteiger partial charge in [0.1, 0.15) is 5.76 Å². The van der Waals surface area contributed by atoms with E-state index in [1.807, 2.05) is 12.1 Å². The van der Waals surface area contributed by atoms with E-state index in [1.54, 1.807) is 6.26 Å². The van der Waals surface area contributed by atoms with Gasteiger partial charge in [0.25, 0.3) is 0 Å². The molecule has 2 saturated carbocycles. The monoisotopic (exact) mass is 304 g/mol. The van der Waals surface area contributed by atoms with E-state index >= 15 is 0 Å². The Labute approximate surface area is 130 Å². The molecule has 2 atom stereocenters. The molecule has 5 nitrogen and oxygen atoms in total. The Morgan fingerprint density at radius 3 is 2.77 bits per heavy atom. The Morgan fingerprint density at radius 2 is 2.05 bits per heavy atom. The number of hydrogen-bond donors (Lipinski definition) is 2. The molecule has 0 aromatic carbocycles. The molecular weight excluding hydrogens is 280 g/mol. The number of nitrogens with one attached hydrogen (secondary N) is 2. The molecule has 5 heteroatoms. The fourth-order valence-corrected chi connectivity index (χ4v) is 3.28. The largest absolute Gasteiger partial charge is 0.469 e. The highest BCUT2D eigenvalue weighted by molar-refractivity contribution is 5.83. The fraction of sp³-hybridized carbons (Fsp3) is 0.647. The first-order valence-corrected chi connectivity index (χ1v) is 8.34. The number of furan rings is 1. The normalized spacial score (nSPS) is 24.7. The van der Waals surface area contributed by atoms with Crippen molar-refractivity contribution in [1.82, 2.24) is 10.6 Å². The van der Waals surface area contributed by atoms with Crippen molar-refractivity contribution >= 4 is 11.8 Å². The van der Waals surface area contributed by atoms with Gasteiger partial charge in [-0.3, -0.25) is 9.59 Å². The molecule has 0 bridgehead atoms. The maximum absolute atomic E-state index is 12.0. The Hall–Kier alpha value is -1.78. The molecule has 2 aliphatic carbocycles. The standard InChI is InChI=1S/C17H24N2O3/c20-16(19-12-5-2-1-3-6-12)8-9-18-17(21)14-11-13(14)15-7-4-10-22-15/h4,7,10,12-14H,1-3,5-6,8-9,11H2,(H,18,21)(H,19,20). The summed E-state index contributed by atoms with van der Waals surface area (Å²) in [5.41, 5.74) is 0. The maximum atomic E-state index is 12.0. The molecular formula is C17H24N2O3. The summed E-state index contributed by atoms with van der Waals surface area (Å²) in [5, 5.41) is 5.93. The first-order valence-electron chi connectivity index (χ1n) is 8.34. The minimum atomic E-state index is 0.00700. The highest BCUT2D eigenvalue weighted by Gasteiger charge is 2.45. The smallest absolute Gasteiger partial charge is 0.223 e. The van der Waals surface area contributed by atoms with E-state index in [0.717, 1.165) is 25.0 Å². The lowest BCUT2D eigenvalue weighted by Gasteiger charge is -2.22. The molecule has 120 valence electrons. The number of carbonyl (C=O) groups excluding carboxylic acids is 2. The van der Waals surface area contributed by atoms with Crippen molar-refractivity contribution in [3.63, 3.8) is 0 Å². The van der Waals surface area contributed by atoms with E-state index in [2.05, 4.69) is 10.6 Å². The van der Waals surface area contributed by atoms with Gasteiger partial charge in [0.05, 0.1) is 6.26 Å². The molecule has 22 heavy (non-hydrogen) atoms. The van der Waals surface area contributed by atoms with Gasteiger partial charge in [-0.25, -0.2) is 0 Å². The van der Waals surface area contributed by atoms with Crippen LogP contribution in [0.15, 0.2) is 22.8 Å². The van der Waals surface area contributed by atoms with E-state index in [4.69, 9.17) is 4.42 Å². The van der Waals surface area contributed by atoms with Gasteiger partial charge in [-0.05, 0) is 31.4 Å². The van der Waals surface area contributed by atoms with Gasteiger partial charge < -0.3 is 15.1 Å². The first kappa shape index (κ1) is 15.1. The number of carbonyl (C=O) groups is 2. The van der Waals surface area contributed by atoms with Gasteiger partial charge in [0.2, 0.25) is 11.8 Å². The molecule has 2 N–H and O–H groups in total. The molecule has 2 amide bonds. The number of rotatable bonds is 6. The van der Waals surface area contributed by atoms with Crippen molar-refractivity contribution in [1.29, 1.82) is 0 Å². The Balaban J connectivity index is 1.31. The average molecular weight is 304 g/mol. The third-order valence-corrected chi connectivity index (χ3v) is 4.66. The SMILES string of the molecule is O=C(CCNC(=O)C1CC1c1ccco1)NC1CCCCC1. The molecule has 0 saturated heterocycles. The second kappa shape index (κ2) is 6.99. The molecule has 1 heterocycles. The molecule has 3 rings (SSSR count). The van der Waals surface area contributed by atoms with E-state index < -0.39 is 0 Å². The fourth-order valence-electron chi connectivity index (χ4n) is 3.28. The van der Waals surface area contributed by atoms with Crippen LogP contribution in [0.25, 0.3) is 0 Å². The Morgan fingerprint density at radius 1 is 1.23 bits per heavy atom. The van der Waals surface area contributed by atoms with Crippen LogP contribution in [-0.2, 0) is 9.59 Å². The lowest BCUT2D eigenvalue weighted by molar-refractivity contribution is -0.123. The van der Waals surface area contributed by atoms with Gasteiger partial charge in [-0.2, -0.15) is 0 Å². The van der Waals surface area contributed by atoms with Crippen LogP contribution in [0, 0.1) is 5.92 Å². The summed E-state index contributed by atoms with van der Waals surface area (Å²) in [6.45, 7) is 0.415. The van der Waals surface area contributed by atoms with Crippen molar-refractivity contribution in [2.24, 2.45) is 5.92 Å². The summed E-state index contributed by atoms with van der Waals surface area (Å²) < 4.78 is 5.32. The Bertz CT molecular complexity index is 506. The highest BCUT2D eigenvalue weighted by Crippen LogP contribution is 2.47. The van der Waals surface area contributed by atoms with Gasteiger partial charge in [-0.15, -0.1) is 0 Å². The van der Waals surface area contributed by atoms with Crippen LogP contribution in [0.2, 0.25) is 0 Å². The molecule has 2 fully saturated rings. The lowest BCUT2D eigenvalue weighted by Crippen LogP contribution is -2.38. The van der Waals surface area contributed by atoms with Crippen LogP contribution in [0.5, 0.6) is 0 Å². The summed E-state index contributed by atoms with van der Waals surface area (Å²) in [5.74, 6) is 1.19. The van der Waals surface area contributed by atoms with Gasteiger partial charge in [0, 0.05) is 30.8 Å². The molecule has 2 aliphatic rings.